The molecule has 170 valence electrons. The Morgan fingerprint density at radius 2 is 1.65 bits per heavy atom. The van der Waals surface area contributed by atoms with Crippen LogP contribution in [-0.4, -0.2) is 16.9 Å². The normalized spacial score (nSPS) is 11.5. The van der Waals surface area contributed by atoms with Crippen molar-refractivity contribution in [1.82, 2.24) is 4.98 Å². The maximum Gasteiger partial charge on any atom is 0.343 e. The van der Waals surface area contributed by atoms with Gasteiger partial charge in [0.2, 0.25) is 0 Å². The summed E-state index contributed by atoms with van der Waals surface area (Å²) in [6.07, 6.45) is 3.23. The number of carbonyl (C=O) groups is 2. The van der Waals surface area contributed by atoms with Gasteiger partial charge in [-0.2, -0.15) is 0 Å². The van der Waals surface area contributed by atoms with Crippen LogP contribution in [0.3, 0.4) is 0 Å². The van der Waals surface area contributed by atoms with E-state index in [1.54, 1.807) is 67.0 Å². The fourth-order valence-electron chi connectivity index (χ4n) is 3.57. The zero-order chi connectivity index (χ0) is 24.1. The molecule has 0 fully saturated rings. The van der Waals surface area contributed by atoms with Gasteiger partial charge in [-0.1, -0.05) is 35.9 Å². The van der Waals surface area contributed by atoms with E-state index in [4.69, 9.17) is 10.5 Å². The summed E-state index contributed by atoms with van der Waals surface area (Å²) in [7, 11) is 0. The Balaban J connectivity index is 1.64. The number of nitrogens with one attached hydrogen (secondary N) is 1. The van der Waals surface area contributed by atoms with E-state index in [9.17, 15) is 9.59 Å². The highest BCUT2D eigenvalue weighted by Gasteiger charge is 2.16. The molecular weight excluding hydrogens is 426 g/mol. The second-order valence-corrected chi connectivity index (χ2v) is 8.06. The highest BCUT2D eigenvalue weighted by atomic mass is 16.5. The summed E-state index contributed by atoms with van der Waals surface area (Å²) in [4.78, 5) is 29.6. The van der Waals surface area contributed by atoms with E-state index in [1.165, 1.54) is 0 Å². The lowest BCUT2D eigenvalue weighted by Crippen LogP contribution is -2.14. The average molecular weight is 452 g/mol. The quantitative estimate of drug-likeness (QED) is 0.296. The van der Waals surface area contributed by atoms with Crippen molar-refractivity contribution in [3.05, 3.63) is 114 Å². The van der Waals surface area contributed by atoms with Gasteiger partial charge in [0.1, 0.15) is 5.75 Å². The molecule has 0 bridgehead atoms. The number of carbonyl (C=O) groups excluding carboxylic acids is 2. The number of esters is 1. The molecule has 0 saturated carbocycles. The minimum absolute atomic E-state index is 0.251. The number of pyridine rings is 1. The molecule has 1 aromatic heterocycles. The molecule has 0 radical (unpaired) electrons. The van der Waals surface area contributed by atoms with Crippen molar-refractivity contribution in [2.24, 2.45) is 5.73 Å². The summed E-state index contributed by atoms with van der Waals surface area (Å²) in [5, 5.41) is 2.86. The number of nitrogens with zero attached hydrogens (tertiary/aromatic N) is 1. The second-order valence-electron chi connectivity index (χ2n) is 8.06. The molecule has 0 saturated heterocycles. The van der Waals surface area contributed by atoms with Gasteiger partial charge >= 0.3 is 5.97 Å². The number of hydrogen-bond acceptors (Lipinski definition) is 5. The third-order valence-electron chi connectivity index (χ3n) is 5.39. The van der Waals surface area contributed by atoms with E-state index in [0.717, 1.165) is 22.3 Å². The molecule has 6 heteroatoms. The molecule has 4 aromatic rings. The van der Waals surface area contributed by atoms with Crippen molar-refractivity contribution in [3.63, 3.8) is 0 Å². The van der Waals surface area contributed by atoms with Gasteiger partial charge in [-0.25, -0.2) is 4.79 Å². The summed E-state index contributed by atoms with van der Waals surface area (Å²) >= 11 is 0. The molecule has 6 nitrogen and oxygen atoms in total. The molecule has 1 heterocycles. The summed E-state index contributed by atoms with van der Waals surface area (Å²) in [5.74, 6) is -0.231. The molecule has 1 unspecified atom stereocenters. The van der Waals surface area contributed by atoms with Crippen molar-refractivity contribution in [2.45, 2.75) is 19.9 Å². The molecule has 4 rings (SSSR count). The first-order chi connectivity index (χ1) is 16.4. The minimum Gasteiger partial charge on any atom is -0.423 e. The third-order valence-corrected chi connectivity index (χ3v) is 5.39. The van der Waals surface area contributed by atoms with E-state index in [0.29, 0.717) is 22.6 Å². The van der Waals surface area contributed by atoms with Gasteiger partial charge in [0, 0.05) is 29.7 Å². The fraction of sp³-hybridized carbons (Fsp3) is 0.107. The maximum atomic E-state index is 12.8. The summed E-state index contributed by atoms with van der Waals surface area (Å²) in [6.45, 7) is 3.85. The van der Waals surface area contributed by atoms with Crippen LogP contribution in [0.15, 0.2) is 91.3 Å². The zero-order valence-corrected chi connectivity index (χ0v) is 19.0. The van der Waals surface area contributed by atoms with Crippen molar-refractivity contribution >= 4 is 17.6 Å². The van der Waals surface area contributed by atoms with Gasteiger partial charge in [-0.15, -0.1) is 0 Å². The molecule has 34 heavy (non-hydrogen) atoms. The molecule has 0 spiro atoms. The van der Waals surface area contributed by atoms with Gasteiger partial charge in [-0.05, 0) is 79.1 Å². The lowest BCUT2D eigenvalue weighted by molar-refractivity contribution is 0.0734. The number of anilines is 1. The first-order valence-corrected chi connectivity index (χ1v) is 10.9. The first-order valence-electron chi connectivity index (χ1n) is 10.9. The van der Waals surface area contributed by atoms with Gasteiger partial charge < -0.3 is 15.8 Å². The number of benzene rings is 3. The molecule has 0 aliphatic heterocycles. The fourth-order valence-corrected chi connectivity index (χ4v) is 3.57. The van der Waals surface area contributed by atoms with Gasteiger partial charge in [-0.3, -0.25) is 9.78 Å². The van der Waals surface area contributed by atoms with Crippen LogP contribution in [0.2, 0.25) is 0 Å². The zero-order valence-electron chi connectivity index (χ0n) is 19.0. The van der Waals surface area contributed by atoms with Gasteiger partial charge in [0.05, 0.1) is 5.56 Å². The van der Waals surface area contributed by atoms with Crippen molar-refractivity contribution in [3.8, 4) is 16.9 Å². The molecule has 1 amide bonds. The van der Waals surface area contributed by atoms with Crippen LogP contribution in [0, 0.1) is 6.92 Å². The van der Waals surface area contributed by atoms with Crippen molar-refractivity contribution in [1.29, 1.82) is 0 Å². The van der Waals surface area contributed by atoms with E-state index < -0.39 is 5.97 Å². The Hall–Kier alpha value is -4.29. The van der Waals surface area contributed by atoms with Crippen LogP contribution in [0.5, 0.6) is 5.75 Å². The first kappa shape index (κ1) is 22.9. The van der Waals surface area contributed by atoms with Crippen LogP contribution in [0.25, 0.3) is 11.1 Å². The Kier molecular flexibility index (Phi) is 6.80. The topological polar surface area (TPSA) is 94.3 Å². The molecule has 3 N–H and O–H groups in total. The highest BCUT2D eigenvalue weighted by molar-refractivity contribution is 6.05. The Labute approximate surface area is 198 Å². The Morgan fingerprint density at radius 1 is 0.912 bits per heavy atom. The lowest BCUT2D eigenvalue weighted by atomic mass is 9.92. The maximum absolute atomic E-state index is 12.8. The standard InChI is InChI=1S/C28H25N3O3/c1-18-6-9-24(10-7-18)34-28(33)22-5-3-4-20(16-22)26-17-21(8-11-25(26)19(2)29)27(32)31-23-12-14-30-15-13-23/h3-17,19H,29H2,1-2H3,(H,30,31,32). The number of amides is 1. The van der Waals surface area contributed by atoms with Gasteiger partial charge in [0.25, 0.3) is 5.91 Å². The van der Waals surface area contributed by atoms with Gasteiger partial charge in [0.15, 0.2) is 0 Å². The molecule has 3 aromatic carbocycles. The third kappa shape index (κ3) is 5.36. The summed E-state index contributed by atoms with van der Waals surface area (Å²) in [6, 6.07) is 23.0. The average Bonchev–Trinajstić information content (AvgIpc) is 2.85. The SMILES string of the molecule is Cc1ccc(OC(=O)c2cccc(-c3cc(C(=O)Nc4ccncc4)ccc3C(C)N)c2)cc1. The van der Waals surface area contributed by atoms with E-state index in [2.05, 4.69) is 10.3 Å². The molecule has 0 aliphatic rings. The van der Waals surface area contributed by atoms with Crippen LogP contribution in [-0.2, 0) is 0 Å². The van der Waals surface area contributed by atoms with Crippen LogP contribution >= 0.6 is 0 Å². The number of rotatable bonds is 6. The van der Waals surface area contributed by atoms with E-state index >= 15 is 0 Å². The van der Waals surface area contributed by atoms with Crippen molar-refractivity contribution in [2.75, 3.05) is 5.32 Å². The number of aryl methyl sites for hydroxylation is 1. The highest BCUT2D eigenvalue weighted by Crippen LogP contribution is 2.30. The summed E-state index contributed by atoms with van der Waals surface area (Å²) in [5.41, 5.74) is 11.2. The largest absolute Gasteiger partial charge is 0.423 e. The smallest absolute Gasteiger partial charge is 0.343 e. The summed E-state index contributed by atoms with van der Waals surface area (Å²) < 4.78 is 5.52. The number of hydrogen-bond donors (Lipinski definition) is 2. The molecular formula is C28H25N3O3. The number of nitrogens with two attached hydrogens (primary N) is 1. The molecule has 0 aliphatic carbocycles. The van der Waals surface area contributed by atoms with Crippen molar-refractivity contribution < 1.29 is 14.3 Å². The minimum atomic E-state index is -0.459. The Bertz CT molecular complexity index is 1320. The van der Waals surface area contributed by atoms with E-state index in [1.807, 2.05) is 38.1 Å². The number of aromatic nitrogens is 1. The van der Waals surface area contributed by atoms with Crippen LogP contribution in [0.1, 0.15) is 44.8 Å². The van der Waals surface area contributed by atoms with Crippen LogP contribution in [0.4, 0.5) is 5.69 Å². The van der Waals surface area contributed by atoms with E-state index in [-0.39, 0.29) is 11.9 Å². The monoisotopic (exact) mass is 451 g/mol. The second kappa shape index (κ2) is 10.1. The number of ether oxygens (including phenoxy) is 1. The van der Waals surface area contributed by atoms with Crippen LogP contribution < -0.4 is 15.8 Å². The lowest BCUT2D eigenvalue weighted by Gasteiger charge is -2.16. The molecule has 1 atom stereocenters. The Morgan fingerprint density at radius 3 is 2.35 bits per heavy atom. The predicted molar refractivity (Wildman–Crippen MR) is 133 cm³/mol. The predicted octanol–water partition coefficient (Wildman–Crippen LogP) is 5.55.